The minimum atomic E-state index is -0.442. The Bertz CT molecular complexity index is 538. The van der Waals surface area contributed by atoms with Gasteiger partial charge in [0.15, 0.2) is 0 Å². The van der Waals surface area contributed by atoms with E-state index in [0.29, 0.717) is 24.9 Å². The van der Waals surface area contributed by atoms with E-state index in [4.69, 9.17) is 9.47 Å². The molecule has 4 heteroatoms. The lowest BCUT2D eigenvalue weighted by atomic mass is 9.99. The molecule has 1 atom stereocenters. The molecular weight excluding hydrogens is 353 g/mol. The van der Waals surface area contributed by atoms with Crippen LogP contribution in [0.25, 0.3) is 0 Å². The molecule has 2 rings (SSSR count). The molecule has 1 aromatic carbocycles. The Morgan fingerprint density at radius 3 is 2.36 bits per heavy atom. The number of nitrogens with one attached hydrogen (secondary N) is 1. The second-order valence-electron chi connectivity index (χ2n) is 8.88. The van der Waals surface area contributed by atoms with Crippen LogP contribution in [-0.2, 0) is 4.74 Å². The summed E-state index contributed by atoms with van der Waals surface area (Å²) in [5.41, 5.74) is -0.442. The molecule has 0 spiro atoms. The average molecular weight is 394 g/mol. The van der Waals surface area contributed by atoms with Gasteiger partial charge < -0.3 is 14.8 Å². The van der Waals surface area contributed by atoms with Crippen molar-refractivity contribution in [3.63, 3.8) is 0 Å². The van der Waals surface area contributed by atoms with Crippen LogP contribution in [0.2, 0.25) is 0 Å². The summed E-state index contributed by atoms with van der Waals surface area (Å²) < 4.78 is 24.4. The Morgan fingerprint density at radius 2 is 1.86 bits per heavy atom. The molecule has 160 valence electrons. The molecule has 1 fully saturated rings. The van der Waals surface area contributed by atoms with E-state index in [1.54, 1.807) is 12.1 Å². The van der Waals surface area contributed by atoms with Crippen molar-refractivity contribution >= 4 is 0 Å². The van der Waals surface area contributed by atoms with Gasteiger partial charge in [-0.2, -0.15) is 0 Å². The molecule has 1 unspecified atom stereocenters. The third-order valence-electron chi connectivity index (χ3n) is 4.40. The Labute approximate surface area is 171 Å². The number of hydrogen-bond donors (Lipinski definition) is 1. The van der Waals surface area contributed by atoms with Crippen molar-refractivity contribution in [1.82, 2.24) is 5.32 Å². The molecule has 0 saturated heterocycles. The van der Waals surface area contributed by atoms with E-state index in [1.165, 1.54) is 31.4 Å². The monoisotopic (exact) mass is 393 g/mol. The van der Waals surface area contributed by atoms with Crippen molar-refractivity contribution in [3.05, 3.63) is 42.7 Å². The second-order valence-corrected chi connectivity index (χ2v) is 8.88. The maximum Gasteiger partial charge on any atom is 0.127 e. The van der Waals surface area contributed by atoms with Gasteiger partial charge in [-0.1, -0.05) is 26.8 Å². The van der Waals surface area contributed by atoms with Crippen molar-refractivity contribution in [2.24, 2.45) is 17.8 Å². The van der Waals surface area contributed by atoms with Gasteiger partial charge in [0.05, 0.1) is 13.2 Å². The third kappa shape index (κ3) is 12.9. The number of rotatable bonds is 12. The Balaban J connectivity index is 0.000000674. The number of hydrogen-bond acceptors (Lipinski definition) is 3. The largest absolute Gasteiger partial charge is 0.485 e. The van der Waals surface area contributed by atoms with Crippen molar-refractivity contribution in [2.45, 2.75) is 59.5 Å². The Morgan fingerprint density at radius 1 is 1.21 bits per heavy atom. The number of benzene rings is 1. The Kier molecular flexibility index (Phi) is 11.4. The first-order chi connectivity index (χ1) is 13.2. The topological polar surface area (TPSA) is 30.5 Å². The van der Waals surface area contributed by atoms with Gasteiger partial charge in [-0.05, 0) is 81.7 Å². The van der Waals surface area contributed by atoms with Crippen LogP contribution in [0.1, 0.15) is 53.9 Å². The maximum atomic E-state index is 12.9. The molecule has 0 aliphatic heterocycles. The van der Waals surface area contributed by atoms with Gasteiger partial charge in [0, 0.05) is 6.54 Å². The summed E-state index contributed by atoms with van der Waals surface area (Å²) in [6.07, 6.45) is 6.05. The minimum Gasteiger partial charge on any atom is -0.485 e. The molecular formula is C24H40FNO2. The molecule has 0 bridgehead atoms. The number of ether oxygens (including phenoxy) is 2. The van der Waals surface area contributed by atoms with Crippen LogP contribution < -0.4 is 10.1 Å². The highest BCUT2D eigenvalue weighted by atomic mass is 19.1. The fourth-order valence-electron chi connectivity index (χ4n) is 2.88. The minimum absolute atomic E-state index is 0.260. The van der Waals surface area contributed by atoms with Crippen LogP contribution in [0.4, 0.5) is 4.39 Å². The first kappa shape index (κ1) is 24.6. The molecule has 1 aromatic rings. The molecule has 1 N–H and O–H groups in total. The van der Waals surface area contributed by atoms with Crippen LogP contribution in [0.5, 0.6) is 5.75 Å². The zero-order chi connectivity index (χ0) is 21.0. The van der Waals surface area contributed by atoms with E-state index in [-0.39, 0.29) is 5.82 Å². The zero-order valence-electron chi connectivity index (χ0n) is 18.5. The molecule has 0 aromatic heterocycles. The molecule has 0 heterocycles. The molecule has 1 aliphatic rings. The normalized spacial score (nSPS) is 15.0. The lowest BCUT2D eigenvalue weighted by Crippen LogP contribution is -2.35. The lowest BCUT2D eigenvalue weighted by Gasteiger charge is -2.26. The van der Waals surface area contributed by atoms with Gasteiger partial charge in [-0.3, -0.25) is 0 Å². The second kappa shape index (κ2) is 12.9. The summed E-state index contributed by atoms with van der Waals surface area (Å²) in [6, 6.07) is 6.06. The van der Waals surface area contributed by atoms with Crippen LogP contribution in [-0.4, -0.2) is 31.9 Å². The van der Waals surface area contributed by atoms with E-state index in [1.807, 2.05) is 19.9 Å². The summed E-state index contributed by atoms with van der Waals surface area (Å²) in [7, 11) is 0. The highest BCUT2D eigenvalue weighted by Crippen LogP contribution is 2.29. The van der Waals surface area contributed by atoms with Gasteiger partial charge in [0.25, 0.3) is 0 Å². The third-order valence-corrected chi connectivity index (χ3v) is 4.40. The SMILES string of the molecule is C=CC1CC1.CC(C)CC(C)CNCCOCC(C)(C)Oc1ccc(F)cc1. The highest BCUT2D eigenvalue weighted by Gasteiger charge is 2.20. The molecule has 0 amide bonds. The summed E-state index contributed by atoms with van der Waals surface area (Å²) in [6.45, 7) is 17.4. The molecule has 28 heavy (non-hydrogen) atoms. The molecule has 1 saturated carbocycles. The van der Waals surface area contributed by atoms with Gasteiger partial charge in [0.1, 0.15) is 17.2 Å². The molecule has 1 aliphatic carbocycles. The summed E-state index contributed by atoms with van der Waals surface area (Å²) >= 11 is 0. The Hall–Kier alpha value is -1.39. The smallest absolute Gasteiger partial charge is 0.127 e. The van der Waals surface area contributed by atoms with Crippen LogP contribution >= 0.6 is 0 Å². The van der Waals surface area contributed by atoms with Crippen molar-refractivity contribution in [2.75, 3.05) is 26.3 Å². The lowest BCUT2D eigenvalue weighted by molar-refractivity contribution is -0.00229. The predicted molar refractivity (Wildman–Crippen MR) is 116 cm³/mol. The van der Waals surface area contributed by atoms with Crippen molar-refractivity contribution in [3.8, 4) is 5.75 Å². The van der Waals surface area contributed by atoms with Crippen LogP contribution in [0.15, 0.2) is 36.9 Å². The average Bonchev–Trinajstić information content (AvgIpc) is 3.44. The van der Waals surface area contributed by atoms with E-state index in [9.17, 15) is 4.39 Å². The highest BCUT2D eigenvalue weighted by molar-refractivity contribution is 5.22. The fourth-order valence-corrected chi connectivity index (χ4v) is 2.88. The van der Waals surface area contributed by atoms with Gasteiger partial charge in [0.2, 0.25) is 0 Å². The van der Waals surface area contributed by atoms with Gasteiger partial charge in [-0.25, -0.2) is 4.39 Å². The quantitative estimate of drug-likeness (QED) is 0.357. The summed E-state index contributed by atoms with van der Waals surface area (Å²) in [5, 5.41) is 3.43. The summed E-state index contributed by atoms with van der Waals surface area (Å²) in [4.78, 5) is 0. The zero-order valence-corrected chi connectivity index (χ0v) is 18.5. The number of allylic oxidation sites excluding steroid dienone is 1. The first-order valence-electron chi connectivity index (χ1n) is 10.6. The van der Waals surface area contributed by atoms with E-state index in [2.05, 4.69) is 32.7 Å². The molecule has 3 nitrogen and oxygen atoms in total. The predicted octanol–water partition coefficient (Wildman–Crippen LogP) is 5.85. The van der Waals surface area contributed by atoms with Crippen LogP contribution in [0, 0.1) is 23.6 Å². The van der Waals surface area contributed by atoms with E-state index >= 15 is 0 Å². The summed E-state index contributed by atoms with van der Waals surface area (Å²) in [5.74, 6) is 2.72. The van der Waals surface area contributed by atoms with E-state index in [0.717, 1.165) is 24.9 Å². The van der Waals surface area contributed by atoms with Gasteiger partial charge in [-0.15, -0.1) is 6.58 Å². The fraction of sp³-hybridized carbons (Fsp3) is 0.667. The first-order valence-corrected chi connectivity index (χ1v) is 10.6. The van der Waals surface area contributed by atoms with E-state index < -0.39 is 5.60 Å². The molecule has 0 radical (unpaired) electrons. The number of halogens is 1. The maximum absolute atomic E-state index is 12.9. The van der Waals surface area contributed by atoms with Crippen molar-refractivity contribution in [1.29, 1.82) is 0 Å². The van der Waals surface area contributed by atoms with Crippen molar-refractivity contribution < 1.29 is 13.9 Å². The van der Waals surface area contributed by atoms with Gasteiger partial charge >= 0.3 is 0 Å². The van der Waals surface area contributed by atoms with Crippen LogP contribution in [0.3, 0.4) is 0 Å². The standard InChI is InChI=1S/C19H32FNO2.C5H8/c1-15(2)12-16(3)13-21-10-11-22-14-19(4,5)23-18-8-6-17(20)7-9-18;1-2-5-3-4-5/h6-9,15-16,21H,10-14H2,1-5H3;2,5H,1,3-4H2.